The molecule has 150 valence electrons. The van der Waals surface area contributed by atoms with Gasteiger partial charge in [-0.2, -0.15) is 0 Å². The van der Waals surface area contributed by atoms with Gasteiger partial charge in [0.15, 0.2) is 0 Å². The van der Waals surface area contributed by atoms with Crippen molar-refractivity contribution in [1.29, 1.82) is 0 Å². The van der Waals surface area contributed by atoms with Gasteiger partial charge in [-0.1, -0.05) is 24.3 Å². The molecule has 0 heterocycles. The maximum absolute atomic E-state index is 11.0. The average Bonchev–Trinajstić information content (AvgIpc) is 2.67. The first kappa shape index (κ1) is 18.5. The van der Waals surface area contributed by atoms with Crippen molar-refractivity contribution in [3.8, 4) is 5.75 Å². The van der Waals surface area contributed by atoms with E-state index in [-0.39, 0.29) is 5.41 Å². The highest BCUT2D eigenvalue weighted by atomic mass is 16.4. The molecule has 4 fully saturated rings. The summed E-state index contributed by atoms with van der Waals surface area (Å²) in [5.41, 5.74) is 4.86. The quantitative estimate of drug-likeness (QED) is 0.621. The Kier molecular flexibility index (Phi) is 4.31. The van der Waals surface area contributed by atoms with E-state index in [9.17, 15) is 9.90 Å². The van der Waals surface area contributed by atoms with Gasteiger partial charge in [0, 0.05) is 5.56 Å². The first-order valence-corrected chi connectivity index (χ1v) is 10.8. The summed E-state index contributed by atoms with van der Waals surface area (Å²) in [6.07, 6.45) is 9.96. The Hall–Kier alpha value is -2.55. The Labute approximate surface area is 172 Å². The molecule has 3 nitrogen and oxygen atoms in total. The second kappa shape index (κ2) is 6.76. The third-order valence-electron chi connectivity index (χ3n) is 7.60. The highest BCUT2D eigenvalue weighted by molar-refractivity contribution is 5.88. The molecule has 2 aromatic carbocycles. The lowest BCUT2D eigenvalue weighted by molar-refractivity contribution is -0.00614. The van der Waals surface area contributed by atoms with E-state index >= 15 is 0 Å². The molecule has 2 N–H and O–H groups in total. The predicted molar refractivity (Wildman–Crippen MR) is 115 cm³/mol. The van der Waals surface area contributed by atoms with Crippen molar-refractivity contribution in [1.82, 2.24) is 0 Å². The van der Waals surface area contributed by atoms with Crippen LogP contribution in [0.25, 0.3) is 11.6 Å². The molecule has 0 unspecified atom stereocenters. The lowest BCUT2D eigenvalue weighted by atomic mass is 9.48. The number of allylic oxidation sites excluding steroid dienone is 1. The van der Waals surface area contributed by atoms with E-state index in [1.165, 1.54) is 38.5 Å². The van der Waals surface area contributed by atoms with Gasteiger partial charge < -0.3 is 10.2 Å². The summed E-state index contributed by atoms with van der Waals surface area (Å²) in [5.74, 6) is 2.07. The highest BCUT2D eigenvalue weighted by Crippen LogP contribution is 2.61. The molecule has 0 aliphatic heterocycles. The van der Waals surface area contributed by atoms with Gasteiger partial charge in [0.05, 0.1) is 5.56 Å². The van der Waals surface area contributed by atoms with Crippen LogP contribution < -0.4 is 0 Å². The van der Waals surface area contributed by atoms with Crippen LogP contribution >= 0.6 is 0 Å². The standard InChI is InChI=1S/C26H28O3/c1-16(8-17-2-4-21(5-3-17)25(28)29)22-6-7-24(27)23(12-22)26-13-18-9-19(14-26)11-20(10-18)15-26/h2-8,12,18-20,27H,9-11,13-15H2,1H3,(H,28,29)/b16-8+. The fourth-order valence-electron chi connectivity index (χ4n) is 6.70. The summed E-state index contributed by atoms with van der Waals surface area (Å²) < 4.78 is 0. The summed E-state index contributed by atoms with van der Waals surface area (Å²) in [6, 6.07) is 13.0. The van der Waals surface area contributed by atoms with Crippen LogP contribution in [0.3, 0.4) is 0 Å². The summed E-state index contributed by atoms with van der Waals surface area (Å²) in [4.78, 5) is 11.0. The fraction of sp³-hybridized carbons (Fsp3) is 0.423. The molecule has 0 saturated heterocycles. The number of phenols is 1. The topological polar surface area (TPSA) is 57.5 Å². The summed E-state index contributed by atoms with van der Waals surface area (Å²) in [7, 11) is 0. The molecule has 4 saturated carbocycles. The Morgan fingerprint density at radius 2 is 1.48 bits per heavy atom. The molecule has 3 heteroatoms. The first-order chi connectivity index (χ1) is 13.9. The Balaban J connectivity index is 1.47. The third-order valence-corrected chi connectivity index (χ3v) is 7.60. The molecule has 29 heavy (non-hydrogen) atoms. The van der Waals surface area contributed by atoms with Gasteiger partial charge in [0.2, 0.25) is 0 Å². The number of carboxylic acids is 1. The Morgan fingerprint density at radius 1 is 0.931 bits per heavy atom. The van der Waals surface area contributed by atoms with Crippen molar-refractivity contribution in [2.24, 2.45) is 17.8 Å². The number of benzene rings is 2. The lowest BCUT2D eigenvalue weighted by Gasteiger charge is -2.57. The van der Waals surface area contributed by atoms with Gasteiger partial charge in [-0.3, -0.25) is 0 Å². The maximum atomic E-state index is 11.0. The largest absolute Gasteiger partial charge is 0.508 e. The molecule has 0 atom stereocenters. The van der Waals surface area contributed by atoms with Crippen LogP contribution in [0.1, 0.15) is 72.5 Å². The average molecular weight is 389 g/mol. The Bertz CT molecular complexity index is 948. The number of aromatic carboxylic acids is 1. The van der Waals surface area contributed by atoms with Gasteiger partial charge in [-0.25, -0.2) is 4.79 Å². The molecule has 0 spiro atoms. The minimum atomic E-state index is -0.906. The number of aromatic hydroxyl groups is 1. The number of carboxylic acid groups (broad SMARTS) is 1. The number of rotatable bonds is 4. The summed E-state index contributed by atoms with van der Waals surface area (Å²) in [6.45, 7) is 2.08. The van der Waals surface area contributed by atoms with Gasteiger partial charge in [-0.15, -0.1) is 0 Å². The van der Waals surface area contributed by atoms with E-state index in [2.05, 4.69) is 19.1 Å². The third kappa shape index (κ3) is 3.27. The van der Waals surface area contributed by atoms with Crippen LogP contribution in [0.4, 0.5) is 0 Å². The van der Waals surface area contributed by atoms with Gasteiger partial charge >= 0.3 is 5.97 Å². The van der Waals surface area contributed by atoms with Crippen molar-refractivity contribution >= 4 is 17.6 Å². The van der Waals surface area contributed by atoms with Crippen LogP contribution in [0.15, 0.2) is 42.5 Å². The Morgan fingerprint density at radius 3 is 2.03 bits per heavy atom. The van der Waals surface area contributed by atoms with E-state index in [0.717, 1.165) is 40.0 Å². The molecule has 0 aromatic heterocycles. The summed E-state index contributed by atoms with van der Waals surface area (Å²) >= 11 is 0. The van der Waals surface area contributed by atoms with Crippen molar-refractivity contribution in [3.63, 3.8) is 0 Å². The van der Waals surface area contributed by atoms with Crippen molar-refractivity contribution < 1.29 is 15.0 Å². The zero-order valence-corrected chi connectivity index (χ0v) is 16.9. The van der Waals surface area contributed by atoms with E-state index < -0.39 is 5.97 Å². The molecule has 2 aromatic rings. The van der Waals surface area contributed by atoms with Crippen LogP contribution in [-0.2, 0) is 5.41 Å². The maximum Gasteiger partial charge on any atom is 0.335 e. The first-order valence-electron chi connectivity index (χ1n) is 10.8. The highest BCUT2D eigenvalue weighted by Gasteiger charge is 2.52. The normalized spacial score (nSPS) is 30.5. The molecule has 0 amide bonds. The van der Waals surface area contributed by atoms with Gasteiger partial charge in [0.25, 0.3) is 0 Å². The van der Waals surface area contributed by atoms with Crippen LogP contribution in [-0.4, -0.2) is 16.2 Å². The van der Waals surface area contributed by atoms with E-state index in [0.29, 0.717) is 11.3 Å². The molecule has 0 radical (unpaired) electrons. The number of hydrogen-bond acceptors (Lipinski definition) is 2. The minimum absolute atomic E-state index is 0.165. The van der Waals surface area contributed by atoms with E-state index in [4.69, 9.17) is 5.11 Å². The van der Waals surface area contributed by atoms with Crippen LogP contribution in [0.2, 0.25) is 0 Å². The molecule has 4 aliphatic rings. The number of carbonyl (C=O) groups is 1. The SMILES string of the molecule is C/C(=C\c1ccc(C(=O)O)cc1)c1ccc(O)c(C23CC4CC(CC(C4)C2)C3)c1. The molecule has 4 bridgehead atoms. The molecular formula is C26H28O3. The van der Waals surface area contributed by atoms with Gasteiger partial charge in [0.1, 0.15) is 5.75 Å². The summed E-state index contributed by atoms with van der Waals surface area (Å²) in [5, 5.41) is 19.8. The number of hydrogen-bond donors (Lipinski definition) is 2. The second-order valence-electron chi connectivity index (χ2n) is 9.68. The van der Waals surface area contributed by atoms with E-state index in [1.54, 1.807) is 12.1 Å². The zero-order chi connectivity index (χ0) is 20.2. The molecular weight excluding hydrogens is 360 g/mol. The molecule has 6 rings (SSSR count). The van der Waals surface area contributed by atoms with Crippen LogP contribution in [0, 0.1) is 17.8 Å². The lowest BCUT2D eigenvalue weighted by Crippen LogP contribution is -2.48. The van der Waals surface area contributed by atoms with Crippen molar-refractivity contribution in [2.45, 2.75) is 50.9 Å². The van der Waals surface area contributed by atoms with Crippen molar-refractivity contribution in [3.05, 3.63) is 64.7 Å². The minimum Gasteiger partial charge on any atom is -0.508 e. The number of phenolic OH excluding ortho intramolecular Hbond substituents is 1. The smallest absolute Gasteiger partial charge is 0.335 e. The van der Waals surface area contributed by atoms with Crippen LogP contribution in [0.5, 0.6) is 5.75 Å². The monoisotopic (exact) mass is 388 g/mol. The zero-order valence-electron chi connectivity index (χ0n) is 16.9. The van der Waals surface area contributed by atoms with Gasteiger partial charge in [-0.05, 0) is 110 Å². The van der Waals surface area contributed by atoms with Crippen molar-refractivity contribution in [2.75, 3.05) is 0 Å². The predicted octanol–water partition coefficient (Wildman–Crippen LogP) is 6.12. The van der Waals surface area contributed by atoms with E-state index in [1.807, 2.05) is 24.3 Å². The fourth-order valence-corrected chi connectivity index (χ4v) is 6.70. The molecule has 4 aliphatic carbocycles. The second-order valence-corrected chi connectivity index (χ2v) is 9.68.